The molecule has 0 aliphatic heterocycles. The van der Waals surface area contributed by atoms with Gasteiger partial charge < -0.3 is 10.4 Å². The van der Waals surface area contributed by atoms with Crippen LogP contribution in [0.25, 0.3) is 0 Å². The van der Waals surface area contributed by atoms with Crippen molar-refractivity contribution < 1.29 is 5.11 Å². The molecule has 0 saturated carbocycles. The molecule has 0 amide bonds. The van der Waals surface area contributed by atoms with Gasteiger partial charge in [-0.05, 0) is 50.1 Å². The van der Waals surface area contributed by atoms with Crippen molar-refractivity contribution in [2.75, 3.05) is 5.32 Å². The number of nitrogens with one attached hydrogen (secondary N) is 1. The summed E-state index contributed by atoms with van der Waals surface area (Å²) in [5, 5.41) is 13.2. The molecule has 3 heteroatoms. The lowest BCUT2D eigenvalue weighted by Gasteiger charge is -2.19. The van der Waals surface area contributed by atoms with Gasteiger partial charge in [0.1, 0.15) is 5.75 Å². The van der Waals surface area contributed by atoms with Crippen LogP contribution in [0.2, 0.25) is 5.02 Å². The highest BCUT2D eigenvalue weighted by Gasteiger charge is 2.09. The van der Waals surface area contributed by atoms with Crippen LogP contribution in [0.3, 0.4) is 0 Å². The first-order valence-electron chi connectivity index (χ1n) is 6.29. The molecule has 2 nitrogen and oxygen atoms in total. The standard InChI is InChI=1S/C16H18ClNO/c1-10-4-5-11(2)14(8-10)12(3)18-13-6-7-16(19)15(17)9-13/h4-9,12,18-19H,1-3H3. The van der Waals surface area contributed by atoms with Crippen LogP contribution < -0.4 is 5.32 Å². The van der Waals surface area contributed by atoms with Gasteiger partial charge in [-0.25, -0.2) is 0 Å². The predicted molar refractivity (Wildman–Crippen MR) is 81.1 cm³/mol. The fraction of sp³-hybridized carbons (Fsp3) is 0.250. The van der Waals surface area contributed by atoms with Crippen molar-refractivity contribution in [2.45, 2.75) is 26.8 Å². The van der Waals surface area contributed by atoms with Gasteiger partial charge in [0, 0.05) is 11.7 Å². The van der Waals surface area contributed by atoms with E-state index in [1.165, 1.54) is 16.7 Å². The van der Waals surface area contributed by atoms with Crippen LogP contribution in [0, 0.1) is 13.8 Å². The summed E-state index contributed by atoms with van der Waals surface area (Å²) in [6, 6.07) is 11.8. The summed E-state index contributed by atoms with van der Waals surface area (Å²) in [7, 11) is 0. The van der Waals surface area contributed by atoms with Crippen molar-refractivity contribution in [1.82, 2.24) is 0 Å². The summed E-state index contributed by atoms with van der Waals surface area (Å²) in [5.74, 6) is 0.103. The largest absolute Gasteiger partial charge is 0.506 e. The summed E-state index contributed by atoms with van der Waals surface area (Å²) in [6.45, 7) is 6.31. The maximum Gasteiger partial charge on any atom is 0.134 e. The van der Waals surface area contributed by atoms with Crippen LogP contribution >= 0.6 is 11.6 Å². The molecule has 2 rings (SSSR count). The molecule has 2 N–H and O–H groups in total. The summed E-state index contributed by atoms with van der Waals surface area (Å²) in [4.78, 5) is 0. The Bertz CT molecular complexity index is 595. The minimum atomic E-state index is 0.103. The van der Waals surface area contributed by atoms with Gasteiger partial charge in [-0.2, -0.15) is 0 Å². The van der Waals surface area contributed by atoms with Gasteiger partial charge >= 0.3 is 0 Å². The maximum atomic E-state index is 9.42. The highest BCUT2D eigenvalue weighted by Crippen LogP contribution is 2.29. The van der Waals surface area contributed by atoms with E-state index >= 15 is 0 Å². The van der Waals surface area contributed by atoms with E-state index in [-0.39, 0.29) is 11.8 Å². The zero-order valence-electron chi connectivity index (χ0n) is 11.4. The first-order chi connectivity index (χ1) is 8.97. The van der Waals surface area contributed by atoms with Crippen molar-refractivity contribution in [3.8, 4) is 5.75 Å². The van der Waals surface area contributed by atoms with Crippen molar-refractivity contribution in [3.05, 3.63) is 58.1 Å². The van der Waals surface area contributed by atoms with E-state index in [0.717, 1.165) is 5.69 Å². The van der Waals surface area contributed by atoms with Crippen LogP contribution in [0.1, 0.15) is 29.7 Å². The van der Waals surface area contributed by atoms with Crippen LogP contribution in [-0.4, -0.2) is 5.11 Å². The average Bonchev–Trinajstić information content (AvgIpc) is 2.36. The molecule has 0 saturated heterocycles. The minimum absolute atomic E-state index is 0.103. The van der Waals surface area contributed by atoms with Gasteiger partial charge in [0.15, 0.2) is 0 Å². The third-order valence-electron chi connectivity index (χ3n) is 3.23. The Labute approximate surface area is 119 Å². The van der Waals surface area contributed by atoms with Crippen LogP contribution in [0.4, 0.5) is 5.69 Å². The molecule has 100 valence electrons. The normalized spacial score (nSPS) is 12.2. The first-order valence-corrected chi connectivity index (χ1v) is 6.67. The summed E-state index contributed by atoms with van der Waals surface area (Å²) >= 11 is 5.91. The van der Waals surface area contributed by atoms with Gasteiger partial charge in [-0.1, -0.05) is 35.4 Å². The third-order valence-corrected chi connectivity index (χ3v) is 3.53. The Morgan fingerprint density at radius 3 is 2.53 bits per heavy atom. The van der Waals surface area contributed by atoms with Crippen molar-refractivity contribution in [3.63, 3.8) is 0 Å². The van der Waals surface area contributed by atoms with E-state index in [0.29, 0.717) is 5.02 Å². The number of benzene rings is 2. The van der Waals surface area contributed by atoms with Gasteiger partial charge in [-0.3, -0.25) is 0 Å². The number of phenols is 1. The highest BCUT2D eigenvalue weighted by atomic mass is 35.5. The minimum Gasteiger partial charge on any atom is -0.506 e. The van der Waals surface area contributed by atoms with E-state index in [9.17, 15) is 5.11 Å². The van der Waals surface area contributed by atoms with Crippen LogP contribution in [0.15, 0.2) is 36.4 Å². The highest BCUT2D eigenvalue weighted by molar-refractivity contribution is 6.32. The van der Waals surface area contributed by atoms with Gasteiger partial charge in [0.05, 0.1) is 5.02 Å². The van der Waals surface area contributed by atoms with Crippen molar-refractivity contribution >= 4 is 17.3 Å². The second-order valence-electron chi connectivity index (χ2n) is 4.89. The lowest BCUT2D eigenvalue weighted by molar-refractivity contribution is 0.475. The molecule has 0 aliphatic carbocycles. The molecule has 2 aromatic carbocycles. The zero-order chi connectivity index (χ0) is 14.0. The Morgan fingerprint density at radius 2 is 1.84 bits per heavy atom. The number of halogens is 1. The van der Waals surface area contributed by atoms with E-state index in [1.54, 1.807) is 12.1 Å². The van der Waals surface area contributed by atoms with Gasteiger partial charge in [-0.15, -0.1) is 0 Å². The van der Waals surface area contributed by atoms with Crippen LogP contribution in [0.5, 0.6) is 5.75 Å². The summed E-state index contributed by atoms with van der Waals surface area (Å²) < 4.78 is 0. The fourth-order valence-corrected chi connectivity index (χ4v) is 2.33. The smallest absolute Gasteiger partial charge is 0.134 e. The number of aryl methyl sites for hydroxylation is 2. The lowest BCUT2D eigenvalue weighted by atomic mass is 10.00. The van der Waals surface area contributed by atoms with E-state index < -0.39 is 0 Å². The number of hydrogen-bond acceptors (Lipinski definition) is 2. The first kappa shape index (κ1) is 13.8. The molecule has 0 aliphatic rings. The number of rotatable bonds is 3. The molecule has 0 spiro atoms. The molecule has 0 bridgehead atoms. The average molecular weight is 276 g/mol. The number of phenolic OH excluding ortho intramolecular Hbond substituents is 1. The Morgan fingerprint density at radius 1 is 1.11 bits per heavy atom. The molecular weight excluding hydrogens is 258 g/mol. The topological polar surface area (TPSA) is 32.3 Å². The summed E-state index contributed by atoms with van der Waals surface area (Å²) in [6.07, 6.45) is 0. The monoisotopic (exact) mass is 275 g/mol. The second kappa shape index (κ2) is 5.54. The molecule has 0 aromatic heterocycles. The SMILES string of the molecule is Cc1ccc(C)c(C(C)Nc2ccc(O)c(Cl)c2)c1. The number of hydrogen-bond donors (Lipinski definition) is 2. The Balaban J connectivity index is 2.22. The summed E-state index contributed by atoms with van der Waals surface area (Å²) in [5.41, 5.74) is 4.67. The molecule has 0 radical (unpaired) electrons. The quantitative estimate of drug-likeness (QED) is 0.786. The predicted octanol–water partition coefficient (Wildman–Crippen LogP) is 4.84. The Hall–Kier alpha value is -1.67. The van der Waals surface area contributed by atoms with Crippen LogP contribution in [-0.2, 0) is 0 Å². The molecular formula is C16H18ClNO. The maximum absolute atomic E-state index is 9.42. The molecule has 1 unspecified atom stereocenters. The number of anilines is 1. The van der Waals surface area contributed by atoms with Crippen molar-refractivity contribution in [1.29, 1.82) is 0 Å². The molecule has 2 aromatic rings. The Kier molecular flexibility index (Phi) is 4.01. The molecule has 1 atom stereocenters. The molecule has 0 fully saturated rings. The van der Waals surface area contributed by atoms with Gasteiger partial charge in [0.2, 0.25) is 0 Å². The fourth-order valence-electron chi connectivity index (χ4n) is 2.15. The van der Waals surface area contributed by atoms with Crippen molar-refractivity contribution in [2.24, 2.45) is 0 Å². The van der Waals surface area contributed by atoms with E-state index in [1.807, 2.05) is 6.07 Å². The zero-order valence-corrected chi connectivity index (χ0v) is 12.1. The van der Waals surface area contributed by atoms with E-state index in [2.05, 4.69) is 44.3 Å². The van der Waals surface area contributed by atoms with E-state index in [4.69, 9.17) is 11.6 Å². The lowest BCUT2D eigenvalue weighted by Crippen LogP contribution is -2.08. The third kappa shape index (κ3) is 3.21. The second-order valence-corrected chi connectivity index (χ2v) is 5.30. The number of aromatic hydroxyl groups is 1. The molecule has 0 heterocycles. The van der Waals surface area contributed by atoms with Gasteiger partial charge in [0.25, 0.3) is 0 Å². The molecule has 19 heavy (non-hydrogen) atoms.